The van der Waals surface area contributed by atoms with Gasteiger partial charge in [-0.05, 0) is 31.5 Å². The molecule has 0 saturated carbocycles. The summed E-state index contributed by atoms with van der Waals surface area (Å²) in [6.45, 7) is 3.51. The van der Waals surface area contributed by atoms with Crippen LogP contribution in [0, 0.1) is 12.7 Å². The number of rotatable bonds is 5. The highest BCUT2D eigenvalue weighted by Crippen LogP contribution is 2.09. The van der Waals surface area contributed by atoms with E-state index in [1.165, 1.54) is 6.07 Å². The Kier molecular flexibility index (Phi) is 4.23. The third kappa shape index (κ3) is 3.61. The van der Waals surface area contributed by atoms with Crippen molar-refractivity contribution in [3.05, 3.63) is 51.7 Å². The second-order valence-corrected chi connectivity index (χ2v) is 4.84. The van der Waals surface area contributed by atoms with Crippen molar-refractivity contribution in [1.29, 1.82) is 0 Å². The number of thiazole rings is 1. The SMILES string of the molecule is Cc1csc(CNCCc2ccccc2F)n1. The van der Waals surface area contributed by atoms with E-state index in [0.29, 0.717) is 6.42 Å². The first-order valence-corrected chi connectivity index (χ1v) is 6.49. The van der Waals surface area contributed by atoms with Crippen molar-refractivity contribution in [2.24, 2.45) is 0 Å². The van der Waals surface area contributed by atoms with Gasteiger partial charge in [0.05, 0.1) is 0 Å². The molecule has 0 aliphatic heterocycles. The van der Waals surface area contributed by atoms with Gasteiger partial charge in [0.2, 0.25) is 0 Å². The number of aromatic nitrogens is 1. The largest absolute Gasteiger partial charge is 0.310 e. The van der Waals surface area contributed by atoms with Crippen LogP contribution in [-0.4, -0.2) is 11.5 Å². The lowest BCUT2D eigenvalue weighted by Gasteiger charge is -2.04. The Hall–Kier alpha value is -1.26. The monoisotopic (exact) mass is 250 g/mol. The highest BCUT2D eigenvalue weighted by atomic mass is 32.1. The Morgan fingerprint density at radius 3 is 2.88 bits per heavy atom. The van der Waals surface area contributed by atoms with Crippen LogP contribution >= 0.6 is 11.3 Å². The first kappa shape index (κ1) is 12.2. The molecule has 0 fully saturated rings. The fourth-order valence-corrected chi connectivity index (χ4v) is 2.34. The van der Waals surface area contributed by atoms with Gasteiger partial charge in [0, 0.05) is 17.6 Å². The van der Waals surface area contributed by atoms with Crippen molar-refractivity contribution in [1.82, 2.24) is 10.3 Å². The van der Waals surface area contributed by atoms with Crippen LogP contribution in [-0.2, 0) is 13.0 Å². The van der Waals surface area contributed by atoms with E-state index in [4.69, 9.17) is 0 Å². The van der Waals surface area contributed by atoms with Gasteiger partial charge in [-0.25, -0.2) is 9.37 Å². The van der Waals surface area contributed by atoms with Gasteiger partial charge in [-0.15, -0.1) is 11.3 Å². The average Bonchev–Trinajstić information content (AvgIpc) is 2.73. The number of nitrogens with zero attached hydrogens (tertiary/aromatic N) is 1. The quantitative estimate of drug-likeness (QED) is 0.825. The minimum Gasteiger partial charge on any atom is -0.310 e. The van der Waals surface area contributed by atoms with Crippen LogP contribution in [0.5, 0.6) is 0 Å². The van der Waals surface area contributed by atoms with Crippen LogP contribution in [0.2, 0.25) is 0 Å². The Bertz CT molecular complexity index is 482. The van der Waals surface area contributed by atoms with Crippen LogP contribution in [0.25, 0.3) is 0 Å². The van der Waals surface area contributed by atoms with Gasteiger partial charge in [0.15, 0.2) is 0 Å². The van der Waals surface area contributed by atoms with E-state index < -0.39 is 0 Å². The lowest BCUT2D eigenvalue weighted by molar-refractivity contribution is 0.597. The normalized spacial score (nSPS) is 10.7. The van der Waals surface area contributed by atoms with E-state index in [2.05, 4.69) is 10.3 Å². The maximum atomic E-state index is 13.3. The summed E-state index contributed by atoms with van der Waals surface area (Å²) in [6, 6.07) is 6.90. The Morgan fingerprint density at radius 1 is 1.35 bits per heavy atom. The first-order valence-electron chi connectivity index (χ1n) is 5.61. The molecule has 90 valence electrons. The maximum absolute atomic E-state index is 13.3. The van der Waals surface area contributed by atoms with Crippen molar-refractivity contribution in [3.8, 4) is 0 Å². The first-order chi connectivity index (χ1) is 8.25. The molecule has 0 bridgehead atoms. The topological polar surface area (TPSA) is 24.9 Å². The van der Waals surface area contributed by atoms with Gasteiger partial charge in [0.25, 0.3) is 0 Å². The van der Waals surface area contributed by atoms with E-state index in [-0.39, 0.29) is 5.82 Å². The molecule has 2 aromatic rings. The average molecular weight is 250 g/mol. The molecule has 4 heteroatoms. The minimum absolute atomic E-state index is 0.126. The Labute approximate surface area is 105 Å². The Morgan fingerprint density at radius 2 is 2.18 bits per heavy atom. The molecular formula is C13H15FN2S. The van der Waals surface area contributed by atoms with Gasteiger partial charge in [0.1, 0.15) is 10.8 Å². The molecule has 0 radical (unpaired) electrons. The van der Waals surface area contributed by atoms with E-state index >= 15 is 0 Å². The molecule has 0 aliphatic carbocycles. The molecule has 0 unspecified atom stereocenters. The highest BCUT2D eigenvalue weighted by molar-refractivity contribution is 7.09. The van der Waals surface area contributed by atoms with Gasteiger partial charge in [-0.2, -0.15) is 0 Å². The summed E-state index contributed by atoms with van der Waals surface area (Å²) in [5, 5.41) is 6.39. The summed E-state index contributed by atoms with van der Waals surface area (Å²) in [5.41, 5.74) is 1.82. The molecule has 0 saturated heterocycles. The molecule has 0 atom stereocenters. The molecule has 2 nitrogen and oxygen atoms in total. The van der Waals surface area contributed by atoms with Gasteiger partial charge in [-0.3, -0.25) is 0 Å². The molecule has 1 heterocycles. The van der Waals surface area contributed by atoms with Crippen LogP contribution in [0.1, 0.15) is 16.3 Å². The van der Waals surface area contributed by atoms with Gasteiger partial charge in [-0.1, -0.05) is 18.2 Å². The molecule has 1 N–H and O–H groups in total. The third-order valence-corrected chi connectivity index (χ3v) is 3.44. The summed E-state index contributed by atoms with van der Waals surface area (Å²) in [7, 11) is 0. The fraction of sp³-hybridized carbons (Fsp3) is 0.308. The standard InChI is InChI=1S/C13H15FN2S/c1-10-9-17-13(16-10)8-15-7-6-11-4-2-3-5-12(11)14/h2-5,9,15H,6-8H2,1H3. The van der Waals surface area contributed by atoms with Crippen LogP contribution in [0.3, 0.4) is 0 Å². The van der Waals surface area contributed by atoms with Crippen molar-refractivity contribution in [2.75, 3.05) is 6.54 Å². The number of nitrogens with one attached hydrogen (secondary N) is 1. The Balaban J connectivity index is 1.75. The summed E-state index contributed by atoms with van der Waals surface area (Å²) in [5.74, 6) is -0.126. The summed E-state index contributed by atoms with van der Waals surface area (Å²) in [6.07, 6.45) is 0.705. The van der Waals surface area contributed by atoms with E-state index in [1.54, 1.807) is 17.4 Å². The number of halogens is 1. The predicted octanol–water partition coefficient (Wildman–Crippen LogP) is 2.92. The van der Waals surface area contributed by atoms with E-state index in [0.717, 1.165) is 29.4 Å². The van der Waals surface area contributed by atoms with Crippen LogP contribution in [0.4, 0.5) is 4.39 Å². The molecule has 1 aromatic carbocycles. The lowest BCUT2D eigenvalue weighted by Crippen LogP contribution is -2.17. The molecule has 17 heavy (non-hydrogen) atoms. The second-order valence-electron chi connectivity index (χ2n) is 3.90. The minimum atomic E-state index is -0.126. The van der Waals surface area contributed by atoms with Crippen molar-refractivity contribution in [3.63, 3.8) is 0 Å². The van der Waals surface area contributed by atoms with Crippen molar-refractivity contribution in [2.45, 2.75) is 19.9 Å². The van der Waals surface area contributed by atoms with Crippen LogP contribution < -0.4 is 5.32 Å². The molecule has 0 aliphatic rings. The van der Waals surface area contributed by atoms with Crippen molar-refractivity contribution < 1.29 is 4.39 Å². The van der Waals surface area contributed by atoms with Gasteiger partial charge >= 0.3 is 0 Å². The molecule has 0 amide bonds. The zero-order valence-electron chi connectivity index (χ0n) is 9.74. The highest BCUT2D eigenvalue weighted by Gasteiger charge is 2.01. The number of benzene rings is 1. The van der Waals surface area contributed by atoms with E-state index in [9.17, 15) is 4.39 Å². The second kappa shape index (κ2) is 5.89. The van der Waals surface area contributed by atoms with Gasteiger partial charge < -0.3 is 5.32 Å². The summed E-state index contributed by atoms with van der Waals surface area (Å²) in [4.78, 5) is 4.35. The number of hydrogen-bond donors (Lipinski definition) is 1. The number of aryl methyl sites for hydroxylation is 1. The maximum Gasteiger partial charge on any atom is 0.126 e. The summed E-state index contributed by atoms with van der Waals surface area (Å²) < 4.78 is 13.3. The summed E-state index contributed by atoms with van der Waals surface area (Å²) >= 11 is 1.65. The predicted molar refractivity (Wildman–Crippen MR) is 68.7 cm³/mol. The molecule has 2 rings (SSSR count). The zero-order valence-corrected chi connectivity index (χ0v) is 10.6. The third-order valence-electron chi connectivity index (χ3n) is 2.47. The number of hydrogen-bond acceptors (Lipinski definition) is 3. The van der Waals surface area contributed by atoms with Crippen LogP contribution in [0.15, 0.2) is 29.6 Å². The fourth-order valence-electron chi connectivity index (χ4n) is 1.60. The smallest absolute Gasteiger partial charge is 0.126 e. The zero-order chi connectivity index (χ0) is 12.1. The molecule has 1 aromatic heterocycles. The molecule has 0 spiro atoms. The van der Waals surface area contributed by atoms with Crippen molar-refractivity contribution >= 4 is 11.3 Å². The van der Waals surface area contributed by atoms with E-state index in [1.807, 2.05) is 24.4 Å². The lowest BCUT2D eigenvalue weighted by atomic mass is 10.1. The molecular weight excluding hydrogens is 235 g/mol.